The fourth-order valence-electron chi connectivity index (χ4n) is 1.81. The fraction of sp³-hybridized carbons (Fsp3) is 0.474. The second kappa shape index (κ2) is 10.5. The first-order chi connectivity index (χ1) is 10.6. The van der Waals surface area contributed by atoms with E-state index in [2.05, 4.69) is 76.5 Å². The molecule has 0 spiro atoms. The predicted octanol–water partition coefficient (Wildman–Crippen LogP) is 5.82. The molecule has 0 fully saturated rings. The molecule has 0 heterocycles. The summed E-state index contributed by atoms with van der Waals surface area (Å²) in [6.07, 6.45) is 0. The van der Waals surface area contributed by atoms with Crippen LogP contribution in [-0.4, -0.2) is 16.6 Å². The van der Waals surface area contributed by atoms with Crippen molar-refractivity contribution in [2.75, 3.05) is 0 Å². The van der Waals surface area contributed by atoms with Gasteiger partial charge in [-0.2, -0.15) is 11.6 Å². The molecule has 0 saturated heterocycles. The fourth-order valence-corrected chi connectivity index (χ4v) is 3.00. The summed E-state index contributed by atoms with van der Waals surface area (Å²) in [6, 6.07) is 14.6. The van der Waals surface area contributed by atoms with Crippen molar-refractivity contribution in [2.45, 2.75) is 59.4 Å². The standard InChI is InChI=1S/C10H17OSi.C9H15OSi.Fe/c1-9-6-5-7-10(9)8-11-12(2,3)4;1-11(2,3)10-8-9-6-4-5-7-9;/h5-7H,8H2,1-4H3;4-7H,8H2,1-3H3;/q-1;-5;. The van der Waals surface area contributed by atoms with Crippen LogP contribution in [0.2, 0.25) is 39.3 Å². The zero-order valence-electron chi connectivity index (χ0n) is 16.1. The van der Waals surface area contributed by atoms with Gasteiger partial charge >= 0.3 is 0 Å². The van der Waals surface area contributed by atoms with Crippen LogP contribution in [0.3, 0.4) is 0 Å². The first-order valence-corrected chi connectivity index (χ1v) is 15.1. The Bertz CT molecular complexity index is 549. The molecule has 0 bridgehead atoms. The molecule has 2 rings (SSSR count). The van der Waals surface area contributed by atoms with E-state index in [1.54, 1.807) is 0 Å². The van der Waals surface area contributed by atoms with E-state index in [9.17, 15) is 0 Å². The summed E-state index contributed by atoms with van der Waals surface area (Å²) in [5.41, 5.74) is 3.96. The van der Waals surface area contributed by atoms with Gasteiger partial charge in [0.05, 0.1) is 0 Å². The molecule has 0 aliphatic heterocycles. The van der Waals surface area contributed by atoms with Gasteiger partial charge in [-0.25, -0.2) is 12.1 Å². The van der Waals surface area contributed by atoms with Gasteiger partial charge in [-0.05, 0) is 39.3 Å². The van der Waals surface area contributed by atoms with E-state index in [1.165, 1.54) is 16.7 Å². The number of hydrogen-bond donors (Lipinski definition) is 0. The van der Waals surface area contributed by atoms with Gasteiger partial charge in [0.2, 0.25) is 0 Å². The second-order valence-corrected chi connectivity index (χ2v) is 16.9. The van der Waals surface area contributed by atoms with Gasteiger partial charge in [0.15, 0.2) is 16.6 Å². The maximum absolute atomic E-state index is 5.79. The Morgan fingerprint density at radius 1 is 0.958 bits per heavy atom. The predicted molar refractivity (Wildman–Crippen MR) is 105 cm³/mol. The van der Waals surface area contributed by atoms with Crippen molar-refractivity contribution in [3.63, 3.8) is 0 Å². The van der Waals surface area contributed by atoms with E-state index in [0.29, 0.717) is 0 Å². The number of hydrogen-bond acceptors (Lipinski definition) is 2. The average Bonchev–Trinajstić information content (AvgIpc) is 3.04. The molecule has 0 saturated carbocycles. The van der Waals surface area contributed by atoms with Gasteiger partial charge in [0.25, 0.3) is 0 Å². The Hall–Kier alpha value is -0.427. The topological polar surface area (TPSA) is 18.5 Å². The monoisotopic (exact) mass is 404 g/mol. The minimum absolute atomic E-state index is 0. The largest absolute Gasteiger partial charge is 0.747 e. The van der Waals surface area contributed by atoms with Crippen LogP contribution in [0.15, 0.2) is 42.5 Å². The Morgan fingerprint density at radius 3 is 1.92 bits per heavy atom. The van der Waals surface area contributed by atoms with Crippen molar-refractivity contribution in [1.82, 2.24) is 0 Å². The molecular weight excluding hydrogens is 372 g/mol. The van der Waals surface area contributed by atoms with Crippen LogP contribution in [0.1, 0.15) is 16.7 Å². The van der Waals surface area contributed by atoms with E-state index in [-0.39, 0.29) is 17.1 Å². The molecule has 2 aromatic carbocycles. The summed E-state index contributed by atoms with van der Waals surface area (Å²) in [5.74, 6) is 0. The first kappa shape index (κ1) is 23.6. The van der Waals surface area contributed by atoms with Crippen molar-refractivity contribution >= 4 is 16.6 Å². The van der Waals surface area contributed by atoms with Crippen molar-refractivity contribution in [2.24, 2.45) is 0 Å². The first-order valence-electron chi connectivity index (χ1n) is 8.26. The van der Waals surface area contributed by atoms with Gasteiger partial charge in [0, 0.05) is 23.7 Å². The molecule has 2 nitrogen and oxygen atoms in total. The van der Waals surface area contributed by atoms with Crippen molar-refractivity contribution in [1.29, 1.82) is 0 Å². The molecule has 0 N–H and O–H groups in total. The number of aryl methyl sites for hydroxylation is 1. The van der Waals surface area contributed by atoms with Crippen molar-refractivity contribution in [3.05, 3.63) is 59.2 Å². The molecule has 0 amide bonds. The van der Waals surface area contributed by atoms with Crippen molar-refractivity contribution < 1.29 is 25.9 Å². The SMILES string of the molecule is C[Si](C)(C)OC[c-]1[cH-][cH-][cH-][cH-]1.C[c-]1cccc1CO[Si](C)(C)C.[Fe]. The van der Waals surface area contributed by atoms with Gasteiger partial charge in [0.1, 0.15) is 0 Å². The van der Waals surface area contributed by atoms with Crippen LogP contribution < -0.4 is 0 Å². The molecule has 0 unspecified atom stereocenters. The molecule has 0 aromatic heterocycles. The van der Waals surface area contributed by atoms with Gasteiger partial charge in [-0.15, -0.1) is 12.2 Å². The molecule has 0 atom stereocenters. The third-order valence-corrected chi connectivity index (χ3v) is 5.24. The minimum Gasteiger partial charge on any atom is -0.747 e. The smallest absolute Gasteiger partial charge is 0.184 e. The molecule has 24 heavy (non-hydrogen) atoms. The molecule has 5 heteroatoms. The second-order valence-electron chi connectivity index (χ2n) is 7.83. The Morgan fingerprint density at radius 2 is 1.50 bits per heavy atom. The van der Waals surface area contributed by atoms with Crippen LogP contribution in [0, 0.1) is 6.92 Å². The third kappa shape index (κ3) is 11.2. The van der Waals surface area contributed by atoms with Crippen LogP contribution in [0.5, 0.6) is 0 Å². The van der Waals surface area contributed by atoms with Crippen LogP contribution in [0.25, 0.3) is 0 Å². The Kier molecular flexibility index (Phi) is 10.4. The third-order valence-electron chi connectivity index (χ3n) is 3.21. The normalized spacial score (nSPS) is 11.5. The Balaban J connectivity index is 0.000000425. The zero-order valence-corrected chi connectivity index (χ0v) is 19.2. The summed E-state index contributed by atoms with van der Waals surface area (Å²) in [6.45, 7) is 16.9. The summed E-state index contributed by atoms with van der Waals surface area (Å²) in [4.78, 5) is 0. The van der Waals surface area contributed by atoms with E-state index in [1.807, 2.05) is 12.1 Å². The van der Waals surface area contributed by atoms with Crippen LogP contribution in [-0.2, 0) is 39.1 Å². The molecule has 0 aliphatic carbocycles. The van der Waals surface area contributed by atoms with Crippen LogP contribution in [0.4, 0.5) is 0 Å². The van der Waals surface area contributed by atoms with Crippen molar-refractivity contribution in [3.8, 4) is 0 Å². The maximum Gasteiger partial charge on any atom is 0.184 e. The number of rotatable bonds is 6. The molecule has 0 aliphatic rings. The molecule has 142 valence electrons. The van der Waals surface area contributed by atoms with Gasteiger partial charge in [-0.1, -0.05) is 6.92 Å². The van der Waals surface area contributed by atoms with Gasteiger partial charge < -0.3 is 38.7 Å². The quantitative estimate of drug-likeness (QED) is 0.446. The Labute approximate surface area is 161 Å². The molecular formula is C19H32FeO2Si2-6. The maximum atomic E-state index is 5.79. The zero-order chi connectivity index (χ0) is 17.5. The van der Waals surface area contributed by atoms with E-state index in [4.69, 9.17) is 8.85 Å². The summed E-state index contributed by atoms with van der Waals surface area (Å²) >= 11 is 0. The molecule has 2 aromatic rings. The summed E-state index contributed by atoms with van der Waals surface area (Å²) < 4.78 is 11.5. The summed E-state index contributed by atoms with van der Waals surface area (Å²) in [7, 11) is -2.65. The van der Waals surface area contributed by atoms with E-state index < -0.39 is 16.6 Å². The van der Waals surface area contributed by atoms with Crippen LogP contribution >= 0.6 is 0 Å². The summed E-state index contributed by atoms with van der Waals surface area (Å²) in [5, 5.41) is 0. The van der Waals surface area contributed by atoms with E-state index >= 15 is 0 Å². The van der Waals surface area contributed by atoms with E-state index in [0.717, 1.165) is 13.2 Å². The van der Waals surface area contributed by atoms with Gasteiger partial charge in [-0.3, -0.25) is 0 Å². The average molecular weight is 404 g/mol. The minimum atomic E-state index is -1.34. The molecule has 0 radical (unpaired) electrons.